The summed E-state index contributed by atoms with van der Waals surface area (Å²) in [4.78, 5) is 15.4. The van der Waals surface area contributed by atoms with Crippen LogP contribution in [-0.2, 0) is 4.79 Å². The topological polar surface area (TPSA) is 32.3 Å². The molecule has 1 atom stereocenters. The third kappa shape index (κ3) is 6.08. The fourth-order valence-electron chi connectivity index (χ4n) is 2.35. The Labute approximate surface area is 143 Å². The Balaban J connectivity index is 1.76. The zero-order valence-corrected chi connectivity index (χ0v) is 14.6. The first kappa shape index (κ1) is 17.6. The lowest BCUT2D eigenvalue weighted by molar-refractivity contribution is -0.120. The van der Waals surface area contributed by atoms with E-state index in [1.807, 2.05) is 50.5 Å². The average Bonchev–Trinajstić information content (AvgIpc) is 2.57. The SMILES string of the molecule is CN(C)[C@H](CNC(=O)CCSc1ccccc1)c1ccccc1. The molecule has 23 heavy (non-hydrogen) atoms. The molecule has 1 N–H and O–H groups in total. The number of carbonyl (C=O) groups excluding carboxylic acids is 1. The van der Waals surface area contributed by atoms with Gasteiger partial charge in [-0.15, -0.1) is 11.8 Å². The van der Waals surface area contributed by atoms with E-state index in [0.29, 0.717) is 13.0 Å². The van der Waals surface area contributed by atoms with Gasteiger partial charge in [-0.05, 0) is 31.8 Å². The highest BCUT2D eigenvalue weighted by Gasteiger charge is 2.14. The van der Waals surface area contributed by atoms with Crippen molar-refractivity contribution in [3.8, 4) is 0 Å². The molecule has 0 heterocycles. The zero-order chi connectivity index (χ0) is 16.5. The maximum Gasteiger partial charge on any atom is 0.220 e. The Bertz CT molecular complexity index is 587. The summed E-state index contributed by atoms with van der Waals surface area (Å²) in [7, 11) is 4.07. The van der Waals surface area contributed by atoms with E-state index >= 15 is 0 Å². The largest absolute Gasteiger partial charge is 0.354 e. The predicted molar refractivity (Wildman–Crippen MR) is 97.7 cm³/mol. The summed E-state index contributed by atoms with van der Waals surface area (Å²) < 4.78 is 0. The minimum atomic E-state index is 0.108. The van der Waals surface area contributed by atoms with Crippen LogP contribution in [0.1, 0.15) is 18.0 Å². The normalized spacial score (nSPS) is 12.1. The first-order valence-corrected chi connectivity index (χ1v) is 8.81. The number of likely N-dealkylation sites (N-methyl/N-ethyl adjacent to an activating group) is 1. The van der Waals surface area contributed by atoms with E-state index in [2.05, 4.69) is 34.5 Å². The number of nitrogens with zero attached hydrogens (tertiary/aromatic N) is 1. The van der Waals surface area contributed by atoms with E-state index in [0.717, 1.165) is 5.75 Å². The molecule has 0 saturated heterocycles. The van der Waals surface area contributed by atoms with Crippen LogP contribution in [0.15, 0.2) is 65.6 Å². The van der Waals surface area contributed by atoms with Gasteiger partial charge in [-0.3, -0.25) is 4.79 Å². The van der Waals surface area contributed by atoms with Crippen LogP contribution in [0.5, 0.6) is 0 Å². The number of hydrogen-bond acceptors (Lipinski definition) is 3. The molecule has 0 aliphatic carbocycles. The fourth-order valence-corrected chi connectivity index (χ4v) is 3.22. The maximum atomic E-state index is 12.0. The summed E-state index contributed by atoms with van der Waals surface area (Å²) in [5.74, 6) is 0.907. The number of nitrogens with one attached hydrogen (secondary N) is 1. The second kappa shape index (κ2) is 9.38. The van der Waals surface area contributed by atoms with Crippen LogP contribution in [0, 0.1) is 0 Å². The quantitative estimate of drug-likeness (QED) is 0.752. The molecule has 3 nitrogen and oxygen atoms in total. The Hall–Kier alpha value is -1.78. The van der Waals surface area contributed by atoms with Gasteiger partial charge in [-0.1, -0.05) is 48.5 Å². The smallest absolute Gasteiger partial charge is 0.220 e. The minimum absolute atomic E-state index is 0.108. The molecule has 0 radical (unpaired) electrons. The van der Waals surface area contributed by atoms with Crippen molar-refractivity contribution in [2.45, 2.75) is 17.4 Å². The number of benzene rings is 2. The number of rotatable bonds is 8. The van der Waals surface area contributed by atoms with Crippen LogP contribution in [0.25, 0.3) is 0 Å². The van der Waals surface area contributed by atoms with Crippen molar-refractivity contribution in [2.24, 2.45) is 0 Å². The first-order valence-electron chi connectivity index (χ1n) is 7.82. The summed E-state index contributed by atoms with van der Waals surface area (Å²) in [6.07, 6.45) is 0.536. The third-order valence-electron chi connectivity index (χ3n) is 3.64. The van der Waals surface area contributed by atoms with E-state index in [1.165, 1.54) is 10.5 Å². The highest BCUT2D eigenvalue weighted by Crippen LogP contribution is 2.18. The van der Waals surface area contributed by atoms with Crippen molar-refractivity contribution in [3.05, 3.63) is 66.2 Å². The second-order valence-electron chi connectivity index (χ2n) is 5.61. The van der Waals surface area contributed by atoms with E-state index in [4.69, 9.17) is 0 Å². The fraction of sp³-hybridized carbons (Fsp3) is 0.316. The van der Waals surface area contributed by atoms with Gasteiger partial charge in [-0.2, -0.15) is 0 Å². The van der Waals surface area contributed by atoms with Crippen LogP contribution in [0.3, 0.4) is 0 Å². The molecule has 0 aromatic heterocycles. The molecule has 4 heteroatoms. The van der Waals surface area contributed by atoms with E-state index in [-0.39, 0.29) is 11.9 Å². The van der Waals surface area contributed by atoms with Gasteiger partial charge in [-0.25, -0.2) is 0 Å². The minimum Gasteiger partial charge on any atom is -0.354 e. The van der Waals surface area contributed by atoms with E-state index < -0.39 is 0 Å². The third-order valence-corrected chi connectivity index (χ3v) is 4.66. The van der Waals surface area contributed by atoms with Crippen molar-refractivity contribution in [1.82, 2.24) is 10.2 Å². The summed E-state index contributed by atoms with van der Waals surface area (Å²) in [6.45, 7) is 0.631. The molecular formula is C19H24N2OS. The summed E-state index contributed by atoms with van der Waals surface area (Å²) in [5.41, 5.74) is 1.22. The molecule has 2 rings (SSSR count). The standard InChI is InChI=1S/C19H24N2OS/c1-21(2)18(16-9-5-3-6-10-16)15-20-19(22)13-14-23-17-11-7-4-8-12-17/h3-12,18H,13-15H2,1-2H3,(H,20,22)/t18-/m1/s1. The molecule has 0 aliphatic rings. The predicted octanol–water partition coefficient (Wildman–Crippen LogP) is 3.59. The van der Waals surface area contributed by atoms with Gasteiger partial charge in [0.2, 0.25) is 5.91 Å². The molecule has 2 aromatic carbocycles. The molecule has 0 bridgehead atoms. The average molecular weight is 328 g/mol. The molecule has 0 spiro atoms. The van der Waals surface area contributed by atoms with Crippen LogP contribution in [0.2, 0.25) is 0 Å². The number of carbonyl (C=O) groups is 1. The van der Waals surface area contributed by atoms with Gasteiger partial charge < -0.3 is 10.2 Å². The van der Waals surface area contributed by atoms with Gasteiger partial charge in [0, 0.05) is 23.6 Å². The first-order chi connectivity index (χ1) is 11.2. The summed E-state index contributed by atoms with van der Waals surface area (Å²) in [6, 6.07) is 20.6. The second-order valence-corrected chi connectivity index (χ2v) is 6.77. The zero-order valence-electron chi connectivity index (χ0n) is 13.7. The lowest BCUT2D eigenvalue weighted by Crippen LogP contribution is -2.34. The molecule has 0 saturated carbocycles. The maximum absolute atomic E-state index is 12.0. The van der Waals surface area contributed by atoms with E-state index in [9.17, 15) is 4.79 Å². The summed E-state index contributed by atoms with van der Waals surface area (Å²) in [5, 5.41) is 3.05. The van der Waals surface area contributed by atoms with Crippen LogP contribution in [-0.4, -0.2) is 37.2 Å². The van der Waals surface area contributed by atoms with Crippen molar-refractivity contribution in [1.29, 1.82) is 0 Å². The lowest BCUT2D eigenvalue weighted by Gasteiger charge is -2.25. The Morgan fingerprint density at radius 1 is 1.04 bits per heavy atom. The van der Waals surface area contributed by atoms with Crippen molar-refractivity contribution in [2.75, 3.05) is 26.4 Å². The summed E-state index contributed by atoms with van der Waals surface area (Å²) >= 11 is 1.71. The van der Waals surface area contributed by atoms with Gasteiger partial charge in [0.05, 0.1) is 6.04 Å². The van der Waals surface area contributed by atoms with Gasteiger partial charge >= 0.3 is 0 Å². The highest BCUT2D eigenvalue weighted by atomic mass is 32.2. The Morgan fingerprint density at radius 3 is 2.26 bits per heavy atom. The monoisotopic (exact) mass is 328 g/mol. The molecule has 2 aromatic rings. The Morgan fingerprint density at radius 2 is 1.65 bits per heavy atom. The number of hydrogen-bond donors (Lipinski definition) is 1. The van der Waals surface area contributed by atoms with Crippen molar-refractivity contribution < 1.29 is 4.79 Å². The van der Waals surface area contributed by atoms with Crippen LogP contribution >= 0.6 is 11.8 Å². The molecule has 0 unspecified atom stereocenters. The van der Waals surface area contributed by atoms with Crippen molar-refractivity contribution >= 4 is 17.7 Å². The number of amides is 1. The molecule has 122 valence electrons. The lowest BCUT2D eigenvalue weighted by atomic mass is 10.1. The van der Waals surface area contributed by atoms with Gasteiger partial charge in [0.1, 0.15) is 0 Å². The number of thioether (sulfide) groups is 1. The van der Waals surface area contributed by atoms with E-state index in [1.54, 1.807) is 11.8 Å². The molecule has 0 aliphatic heterocycles. The van der Waals surface area contributed by atoms with Crippen LogP contribution in [0.4, 0.5) is 0 Å². The Kier molecular flexibility index (Phi) is 7.17. The molecular weight excluding hydrogens is 304 g/mol. The van der Waals surface area contributed by atoms with Crippen LogP contribution < -0.4 is 5.32 Å². The highest BCUT2D eigenvalue weighted by molar-refractivity contribution is 7.99. The van der Waals surface area contributed by atoms with Gasteiger partial charge in [0.25, 0.3) is 0 Å². The van der Waals surface area contributed by atoms with Gasteiger partial charge in [0.15, 0.2) is 0 Å². The molecule has 1 amide bonds. The van der Waals surface area contributed by atoms with Crippen molar-refractivity contribution in [3.63, 3.8) is 0 Å². The molecule has 0 fully saturated rings.